The van der Waals surface area contributed by atoms with Crippen molar-refractivity contribution in [3.05, 3.63) is 30.2 Å². The second-order valence-corrected chi connectivity index (χ2v) is 5.89. The number of nitrogens with one attached hydrogen (secondary N) is 1. The summed E-state index contributed by atoms with van der Waals surface area (Å²) in [6, 6.07) is 5.72. The molecule has 1 aliphatic rings. The SMILES string of the molecule is C[C@H]1CCCC[C@@H]1N(C)C(=O)c1cc(-c2ccco2)[nH]n1. The molecule has 0 bridgehead atoms. The summed E-state index contributed by atoms with van der Waals surface area (Å²) in [6.45, 7) is 2.23. The minimum Gasteiger partial charge on any atom is -0.463 e. The van der Waals surface area contributed by atoms with E-state index in [1.165, 1.54) is 19.3 Å². The molecule has 0 spiro atoms. The van der Waals surface area contributed by atoms with Gasteiger partial charge in [0.05, 0.1) is 6.26 Å². The smallest absolute Gasteiger partial charge is 0.274 e. The fourth-order valence-electron chi connectivity index (χ4n) is 3.19. The number of H-pyrrole nitrogens is 1. The molecule has 2 aromatic rings. The molecule has 0 unspecified atom stereocenters. The van der Waals surface area contributed by atoms with Gasteiger partial charge in [-0.2, -0.15) is 5.10 Å². The minimum atomic E-state index is -0.0252. The zero-order valence-corrected chi connectivity index (χ0v) is 12.5. The van der Waals surface area contributed by atoms with Gasteiger partial charge in [-0.1, -0.05) is 19.8 Å². The van der Waals surface area contributed by atoms with Crippen LogP contribution in [-0.4, -0.2) is 34.1 Å². The molecule has 1 amide bonds. The molecular formula is C16H21N3O2. The lowest BCUT2D eigenvalue weighted by atomic mass is 9.85. The molecular weight excluding hydrogens is 266 g/mol. The van der Waals surface area contributed by atoms with Gasteiger partial charge in [0.2, 0.25) is 0 Å². The topological polar surface area (TPSA) is 62.1 Å². The monoisotopic (exact) mass is 287 g/mol. The highest BCUT2D eigenvalue weighted by molar-refractivity contribution is 5.93. The Balaban J connectivity index is 1.75. The number of aromatic amines is 1. The van der Waals surface area contributed by atoms with E-state index in [9.17, 15) is 4.79 Å². The molecule has 21 heavy (non-hydrogen) atoms. The van der Waals surface area contributed by atoms with E-state index in [0.29, 0.717) is 23.4 Å². The molecule has 5 heteroatoms. The molecule has 1 fully saturated rings. The molecule has 0 saturated heterocycles. The van der Waals surface area contributed by atoms with Gasteiger partial charge in [0.15, 0.2) is 11.5 Å². The number of amides is 1. The number of hydrogen-bond acceptors (Lipinski definition) is 3. The van der Waals surface area contributed by atoms with Gasteiger partial charge in [0.25, 0.3) is 5.91 Å². The third kappa shape index (κ3) is 2.73. The number of carbonyl (C=O) groups is 1. The van der Waals surface area contributed by atoms with Gasteiger partial charge in [-0.05, 0) is 30.9 Å². The summed E-state index contributed by atoms with van der Waals surface area (Å²) in [5.41, 5.74) is 1.18. The number of furan rings is 1. The molecule has 2 aromatic heterocycles. The van der Waals surface area contributed by atoms with E-state index < -0.39 is 0 Å². The van der Waals surface area contributed by atoms with E-state index in [-0.39, 0.29) is 5.91 Å². The summed E-state index contributed by atoms with van der Waals surface area (Å²) in [7, 11) is 1.88. The highest BCUT2D eigenvalue weighted by Crippen LogP contribution is 2.28. The van der Waals surface area contributed by atoms with Crippen molar-refractivity contribution in [3.8, 4) is 11.5 Å². The number of hydrogen-bond donors (Lipinski definition) is 1. The van der Waals surface area contributed by atoms with Gasteiger partial charge in [-0.3, -0.25) is 9.89 Å². The summed E-state index contributed by atoms with van der Waals surface area (Å²) >= 11 is 0. The minimum absolute atomic E-state index is 0.0252. The van der Waals surface area contributed by atoms with Crippen molar-refractivity contribution in [3.63, 3.8) is 0 Å². The molecule has 0 aliphatic heterocycles. The van der Waals surface area contributed by atoms with E-state index in [1.54, 1.807) is 12.3 Å². The largest absolute Gasteiger partial charge is 0.463 e. The Morgan fingerprint density at radius 3 is 2.95 bits per heavy atom. The maximum absolute atomic E-state index is 12.6. The Labute approximate surface area is 124 Å². The predicted octanol–water partition coefficient (Wildman–Crippen LogP) is 3.32. The summed E-state index contributed by atoms with van der Waals surface area (Å²) in [6.07, 6.45) is 6.35. The predicted molar refractivity (Wildman–Crippen MR) is 79.8 cm³/mol. The Morgan fingerprint density at radius 1 is 1.43 bits per heavy atom. The Hall–Kier alpha value is -2.04. The molecule has 3 rings (SSSR count). The van der Waals surface area contributed by atoms with E-state index in [1.807, 2.05) is 24.1 Å². The van der Waals surface area contributed by atoms with Crippen LogP contribution in [0.1, 0.15) is 43.1 Å². The average Bonchev–Trinajstić information content (AvgIpc) is 3.17. The first-order valence-electron chi connectivity index (χ1n) is 7.53. The Kier molecular flexibility index (Phi) is 3.82. The second kappa shape index (κ2) is 5.76. The molecule has 1 N–H and O–H groups in total. The van der Waals surface area contributed by atoms with Crippen molar-refractivity contribution in [2.24, 2.45) is 5.92 Å². The summed E-state index contributed by atoms with van der Waals surface area (Å²) < 4.78 is 5.31. The van der Waals surface area contributed by atoms with E-state index in [2.05, 4.69) is 17.1 Å². The van der Waals surface area contributed by atoms with Crippen molar-refractivity contribution >= 4 is 5.91 Å². The number of nitrogens with zero attached hydrogens (tertiary/aromatic N) is 2. The van der Waals surface area contributed by atoms with Crippen molar-refractivity contribution in [1.29, 1.82) is 0 Å². The lowest BCUT2D eigenvalue weighted by Gasteiger charge is -2.35. The first-order chi connectivity index (χ1) is 10.2. The second-order valence-electron chi connectivity index (χ2n) is 5.89. The normalized spacial score (nSPS) is 22.2. The van der Waals surface area contributed by atoms with Crippen LogP contribution in [0.3, 0.4) is 0 Å². The van der Waals surface area contributed by atoms with Crippen LogP contribution in [0.2, 0.25) is 0 Å². The van der Waals surface area contributed by atoms with E-state index in [0.717, 1.165) is 12.1 Å². The van der Waals surface area contributed by atoms with E-state index in [4.69, 9.17) is 4.42 Å². The molecule has 1 aliphatic carbocycles. The van der Waals surface area contributed by atoms with Gasteiger partial charge >= 0.3 is 0 Å². The molecule has 2 atom stereocenters. The van der Waals surface area contributed by atoms with Gasteiger partial charge in [-0.15, -0.1) is 0 Å². The van der Waals surface area contributed by atoms with Crippen LogP contribution in [0.5, 0.6) is 0 Å². The number of rotatable bonds is 3. The lowest BCUT2D eigenvalue weighted by Crippen LogP contribution is -2.42. The fourth-order valence-corrected chi connectivity index (χ4v) is 3.19. The molecule has 112 valence electrons. The molecule has 0 radical (unpaired) electrons. The highest BCUT2D eigenvalue weighted by atomic mass is 16.3. The van der Waals surface area contributed by atoms with Crippen LogP contribution in [0.15, 0.2) is 28.9 Å². The van der Waals surface area contributed by atoms with Crippen molar-refractivity contribution < 1.29 is 9.21 Å². The van der Waals surface area contributed by atoms with E-state index >= 15 is 0 Å². The van der Waals surface area contributed by atoms with Crippen LogP contribution < -0.4 is 0 Å². The van der Waals surface area contributed by atoms with Gasteiger partial charge < -0.3 is 9.32 Å². The van der Waals surface area contributed by atoms with Crippen molar-refractivity contribution in [2.45, 2.75) is 38.6 Å². The molecule has 5 nitrogen and oxygen atoms in total. The molecule has 0 aromatic carbocycles. The Bertz CT molecular complexity index is 603. The maximum Gasteiger partial charge on any atom is 0.274 e. The van der Waals surface area contributed by atoms with Crippen LogP contribution >= 0.6 is 0 Å². The van der Waals surface area contributed by atoms with Gasteiger partial charge in [0.1, 0.15) is 5.69 Å². The van der Waals surface area contributed by atoms with Gasteiger partial charge in [0, 0.05) is 19.2 Å². The van der Waals surface area contributed by atoms with Crippen molar-refractivity contribution in [2.75, 3.05) is 7.05 Å². The van der Waals surface area contributed by atoms with Crippen LogP contribution in [0.4, 0.5) is 0 Å². The standard InChI is InChI=1S/C16H21N3O2/c1-11-6-3-4-7-14(11)19(2)16(20)13-10-12(17-18-13)15-8-5-9-21-15/h5,8-11,14H,3-4,6-7H2,1-2H3,(H,17,18)/t11-,14-/m0/s1. The fraction of sp³-hybridized carbons (Fsp3) is 0.500. The third-order valence-corrected chi connectivity index (χ3v) is 4.47. The summed E-state index contributed by atoms with van der Waals surface area (Å²) in [5, 5.41) is 7.00. The first kappa shape index (κ1) is 13.9. The van der Waals surface area contributed by atoms with Crippen LogP contribution in [-0.2, 0) is 0 Å². The summed E-state index contributed by atoms with van der Waals surface area (Å²) in [4.78, 5) is 14.4. The molecule has 1 saturated carbocycles. The van der Waals surface area contributed by atoms with Crippen LogP contribution in [0.25, 0.3) is 11.5 Å². The Morgan fingerprint density at radius 2 is 2.24 bits per heavy atom. The maximum atomic E-state index is 12.6. The first-order valence-corrected chi connectivity index (χ1v) is 7.53. The lowest BCUT2D eigenvalue weighted by molar-refractivity contribution is 0.0623. The average molecular weight is 287 g/mol. The molecule has 2 heterocycles. The third-order valence-electron chi connectivity index (χ3n) is 4.47. The zero-order chi connectivity index (χ0) is 14.8. The number of carbonyl (C=O) groups excluding carboxylic acids is 1. The van der Waals surface area contributed by atoms with Crippen molar-refractivity contribution in [1.82, 2.24) is 15.1 Å². The number of aromatic nitrogens is 2. The quantitative estimate of drug-likeness (QED) is 0.942. The highest BCUT2D eigenvalue weighted by Gasteiger charge is 2.29. The zero-order valence-electron chi connectivity index (χ0n) is 12.5. The van der Waals surface area contributed by atoms with Gasteiger partial charge in [-0.25, -0.2) is 0 Å². The van der Waals surface area contributed by atoms with Crippen LogP contribution in [0, 0.1) is 5.92 Å². The summed E-state index contributed by atoms with van der Waals surface area (Å²) in [5.74, 6) is 1.22.